The van der Waals surface area contributed by atoms with Crippen LogP contribution in [-0.2, 0) is 17.6 Å². The van der Waals surface area contributed by atoms with Crippen LogP contribution < -0.4 is 4.90 Å². The molecule has 0 spiro atoms. The minimum absolute atomic E-state index is 0.286. The Morgan fingerprint density at radius 3 is 1.76 bits per heavy atom. The Morgan fingerprint density at radius 1 is 0.612 bits per heavy atom. The molecule has 49 heavy (non-hydrogen) atoms. The number of rotatable bonds is 4. The average molecular weight is 713 g/mol. The van der Waals surface area contributed by atoms with Gasteiger partial charge in [-0.05, 0) is 64.2 Å². The highest BCUT2D eigenvalue weighted by atomic mass is 79.9. The molecule has 2 unspecified atom stereocenters. The van der Waals surface area contributed by atoms with Gasteiger partial charge in [0.2, 0.25) is 5.95 Å². The van der Waals surface area contributed by atoms with E-state index in [0.29, 0.717) is 6.04 Å². The van der Waals surface area contributed by atoms with Gasteiger partial charge < -0.3 is 18.8 Å². The topological polar surface area (TPSA) is 99.7 Å². The Labute approximate surface area is 292 Å². The van der Waals surface area contributed by atoms with Gasteiger partial charge in [-0.25, -0.2) is 29.9 Å². The normalized spacial score (nSPS) is 18.3. The van der Waals surface area contributed by atoms with Crippen molar-refractivity contribution in [3.05, 3.63) is 125 Å². The number of imidazole rings is 2. The number of aryl methyl sites for hydroxylation is 2. The summed E-state index contributed by atoms with van der Waals surface area (Å²) in [6.45, 7) is 3.09. The van der Waals surface area contributed by atoms with Gasteiger partial charge in [0.25, 0.3) is 0 Å². The van der Waals surface area contributed by atoms with Crippen molar-refractivity contribution in [1.29, 1.82) is 0 Å². The van der Waals surface area contributed by atoms with Crippen molar-refractivity contribution in [2.24, 2.45) is 0 Å². The molecular weight excluding hydrogens is 678 g/mol. The summed E-state index contributed by atoms with van der Waals surface area (Å²) >= 11 is 3.45. The highest BCUT2D eigenvalue weighted by Crippen LogP contribution is 2.36. The van der Waals surface area contributed by atoms with E-state index in [1.165, 1.54) is 11.1 Å². The lowest BCUT2D eigenvalue weighted by Gasteiger charge is -2.26. The van der Waals surface area contributed by atoms with Crippen molar-refractivity contribution in [3.63, 3.8) is 0 Å². The summed E-state index contributed by atoms with van der Waals surface area (Å²) in [5, 5.41) is 0. The maximum absolute atomic E-state index is 5.41. The highest BCUT2D eigenvalue weighted by Gasteiger charge is 2.29. The molecule has 1 fully saturated rings. The zero-order valence-electron chi connectivity index (χ0n) is 26.9. The molecule has 0 bridgehead atoms. The molecule has 10 nitrogen and oxygen atoms in total. The van der Waals surface area contributed by atoms with E-state index in [4.69, 9.17) is 14.7 Å². The van der Waals surface area contributed by atoms with E-state index in [0.717, 1.165) is 108 Å². The van der Waals surface area contributed by atoms with Crippen LogP contribution in [0.1, 0.15) is 47.7 Å². The van der Waals surface area contributed by atoms with Gasteiger partial charge in [-0.2, -0.15) is 0 Å². The molecule has 3 aliphatic rings. The zero-order valence-corrected chi connectivity index (χ0v) is 28.4. The van der Waals surface area contributed by atoms with Crippen LogP contribution in [0, 0.1) is 0 Å². The van der Waals surface area contributed by atoms with Crippen molar-refractivity contribution < 1.29 is 4.74 Å². The molecular formula is C38H34BrN9O. The number of fused-ring (bicyclic) bond motifs is 6. The highest BCUT2D eigenvalue weighted by molar-refractivity contribution is 9.10. The van der Waals surface area contributed by atoms with Crippen molar-refractivity contribution in [1.82, 2.24) is 39.0 Å². The van der Waals surface area contributed by atoms with E-state index in [1.54, 1.807) is 0 Å². The largest absolute Gasteiger partial charge is 0.378 e. The monoisotopic (exact) mass is 711 g/mol. The first-order chi connectivity index (χ1) is 24.2. The molecule has 8 heterocycles. The van der Waals surface area contributed by atoms with Crippen molar-refractivity contribution in [3.8, 4) is 11.3 Å². The molecule has 2 atom stereocenters. The van der Waals surface area contributed by atoms with Crippen LogP contribution in [0.3, 0.4) is 0 Å². The molecule has 7 aromatic rings. The molecule has 10 rings (SSSR count). The van der Waals surface area contributed by atoms with Crippen LogP contribution in [0.25, 0.3) is 33.6 Å². The van der Waals surface area contributed by atoms with Crippen LogP contribution in [0.4, 0.5) is 5.95 Å². The van der Waals surface area contributed by atoms with Gasteiger partial charge >= 0.3 is 0 Å². The number of morpholine rings is 1. The SMILES string of the molecule is Brc1ccc2nc3n(c2n1)C(c1ccccc1)CC3.c1ccc(C2CCc3nc4ccc(-c5cnc(N6CCOCC6)nc5)nc4n32)cc1. The van der Waals surface area contributed by atoms with Crippen LogP contribution in [0.2, 0.25) is 0 Å². The molecule has 244 valence electrons. The van der Waals surface area contributed by atoms with Crippen LogP contribution >= 0.6 is 15.9 Å². The molecule has 0 N–H and O–H groups in total. The average Bonchev–Trinajstić information content (AvgIpc) is 3.94. The van der Waals surface area contributed by atoms with Gasteiger partial charge in [0, 0.05) is 43.9 Å². The summed E-state index contributed by atoms with van der Waals surface area (Å²) in [4.78, 5) is 30.4. The third-order valence-electron chi connectivity index (χ3n) is 9.69. The summed E-state index contributed by atoms with van der Waals surface area (Å²) in [6.07, 6.45) is 7.89. The van der Waals surface area contributed by atoms with Gasteiger partial charge in [0.15, 0.2) is 11.3 Å². The van der Waals surface area contributed by atoms with Crippen LogP contribution in [-0.4, -0.2) is 65.3 Å². The predicted octanol–water partition coefficient (Wildman–Crippen LogP) is 6.99. The number of halogens is 1. The number of hydrogen-bond acceptors (Lipinski definition) is 8. The quantitative estimate of drug-likeness (QED) is 0.180. The van der Waals surface area contributed by atoms with Crippen molar-refractivity contribution in [2.45, 2.75) is 37.8 Å². The van der Waals surface area contributed by atoms with Crippen molar-refractivity contribution >= 4 is 44.2 Å². The summed E-state index contributed by atoms with van der Waals surface area (Å²) in [5.41, 5.74) is 8.28. The maximum Gasteiger partial charge on any atom is 0.225 e. The van der Waals surface area contributed by atoms with Gasteiger partial charge in [-0.15, -0.1) is 0 Å². The zero-order chi connectivity index (χ0) is 32.7. The van der Waals surface area contributed by atoms with E-state index in [-0.39, 0.29) is 6.04 Å². The number of anilines is 1. The molecule has 0 saturated carbocycles. The second kappa shape index (κ2) is 12.8. The summed E-state index contributed by atoms with van der Waals surface area (Å²) in [6, 6.07) is 29.9. The Balaban J connectivity index is 0.000000147. The molecule has 3 aliphatic heterocycles. The first-order valence-electron chi connectivity index (χ1n) is 16.9. The third-order valence-corrected chi connectivity index (χ3v) is 10.1. The van der Waals surface area contributed by atoms with Gasteiger partial charge in [0.05, 0.1) is 31.0 Å². The standard InChI is InChI=1S/C23H22N6O.C15H12BrN3/c1-2-4-16(5-3-1)20-8-9-21-26-19-7-6-18(27-22(19)29(20)21)17-14-24-23(25-15-17)28-10-12-30-13-11-28;16-13-8-6-11-15(18-13)19-12(7-9-14(19)17-11)10-4-2-1-3-5-10/h1-7,14-15,20H,8-13H2;1-6,8,12H,7,9H2. The fourth-order valence-electron chi connectivity index (χ4n) is 7.34. The number of ether oxygens (including phenoxy) is 1. The lowest BCUT2D eigenvalue weighted by molar-refractivity contribution is 0.122. The summed E-state index contributed by atoms with van der Waals surface area (Å²) < 4.78 is 10.9. The number of nitrogens with zero attached hydrogens (tertiary/aromatic N) is 9. The van der Waals surface area contributed by atoms with E-state index in [1.807, 2.05) is 30.6 Å². The molecule has 1 saturated heterocycles. The van der Waals surface area contributed by atoms with E-state index in [2.05, 4.69) is 117 Å². The maximum atomic E-state index is 5.41. The fraction of sp³-hybridized carbons (Fsp3) is 0.263. The molecule has 2 aromatic carbocycles. The molecule has 11 heteroatoms. The fourth-order valence-corrected chi connectivity index (χ4v) is 7.64. The Hall–Kier alpha value is -5.00. The molecule has 0 amide bonds. The Bertz CT molecular complexity index is 2250. The van der Waals surface area contributed by atoms with Crippen LogP contribution in [0.15, 0.2) is 102 Å². The minimum Gasteiger partial charge on any atom is -0.378 e. The second-order valence-corrected chi connectivity index (χ2v) is 13.4. The smallest absolute Gasteiger partial charge is 0.225 e. The Kier molecular flexibility index (Phi) is 7.86. The number of pyridine rings is 2. The minimum atomic E-state index is 0.286. The number of hydrogen-bond donors (Lipinski definition) is 0. The lowest BCUT2D eigenvalue weighted by Crippen LogP contribution is -2.37. The van der Waals surface area contributed by atoms with Crippen molar-refractivity contribution in [2.75, 3.05) is 31.2 Å². The van der Waals surface area contributed by atoms with E-state index >= 15 is 0 Å². The lowest BCUT2D eigenvalue weighted by atomic mass is 10.0. The van der Waals surface area contributed by atoms with E-state index in [9.17, 15) is 0 Å². The van der Waals surface area contributed by atoms with Gasteiger partial charge in [0.1, 0.15) is 27.3 Å². The van der Waals surface area contributed by atoms with Crippen LogP contribution in [0.5, 0.6) is 0 Å². The molecule has 0 aliphatic carbocycles. The van der Waals surface area contributed by atoms with Gasteiger partial charge in [-0.3, -0.25) is 0 Å². The molecule has 5 aromatic heterocycles. The summed E-state index contributed by atoms with van der Waals surface area (Å²) in [5.74, 6) is 3.01. The predicted molar refractivity (Wildman–Crippen MR) is 193 cm³/mol. The molecule has 0 radical (unpaired) electrons. The first kappa shape index (κ1) is 30.1. The summed E-state index contributed by atoms with van der Waals surface area (Å²) in [7, 11) is 0. The van der Waals surface area contributed by atoms with Gasteiger partial charge in [-0.1, -0.05) is 60.7 Å². The number of benzene rings is 2. The number of aromatic nitrogens is 8. The Morgan fingerprint density at radius 2 is 1.16 bits per heavy atom. The second-order valence-electron chi connectivity index (χ2n) is 12.6. The third kappa shape index (κ3) is 5.66. The van der Waals surface area contributed by atoms with E-state index < -0.39 is 0 Å². The first-order valence-corrected chi connectivity index (χ1v) is 17.6.